The lowest BCUT2D eigenvalue weighted by Gasteiger charge is -1.91. The first-order valence-electron chi connectivity index (χ1n) is 6.07. The summed E-state index contributed by atoms with van der Waals surface area (Å²) in [6, 6.07) is 3.95. The predicted molar refractivity (Wildman–Crippen MR) is 75.3 cm³/mol. The van der Waals surface area contributed by atoms with Crippen LogP contribution < -0.4 is 0 Å². The molecule has 22 heavy (non-hydrogen) atoms. The number of halogens is 2. The van der Waals surface area contributed by atoms with Crippen molar-refractivity contribution in [2.24, 2.45) is 0 Å². The Morgan fingerprint density at radius 2 is 2.32 bits per heavy atom. The molecule has 0 saturated carbocycles. The molecule has 2 aromatic heterocycles. The van der Waals surface area contributed by atoms with Crippen LogP contribution in [-0.4, -0.2) is 31.1 Å². The molecule has 0 saturated heterocycles. The van der Waals surface area contributed by atoms with Gasteiger partial charge >= 0.3 is 5.97 Å². The van der Waals surface area contributed by atoms with Crippen molar-refractivity contribution < 1.29 is 18.7 Å². The number of carbonyl (C=O) groups is 1. The zero-order valence-electron chi connectivity index (χ0n) is 10.9. The summed E-state index contributed by atoms with van der Waals surface area (Å²) < 4.78 is 19.6. The Morgan fingerprint density at radius 1 is 1.50 bits per heavy atom. The fraction of sp³-hybridized carbons (Fsp3) is 0.0769. The number of hydrogen-bond acceptors (Lipinski definition) is 5. The number of oxazole rings is 1. The minimum absolute atomic E-state index is 0.107. The highest BCUT2D eigenvalue weighted by Crippen LogP contribution is 2.25. The van der Waals surface area contributed by atoms with Crippen molar-refractivity contribution in [2.45, 2.75) is 6.54 Å². The number of carboxylic acid groups (broad SMARTS) is 1. The first-order chi connectivity index (χ1) is 10.5. The van der Waals surface area contributed by atoms with E-state index in [1.54, 1.807) is 0 Å². The van der Waals surface area contributed by atoms with Crippen molar-refractivity contribution in [3.63, 3.8) is 0 Å². The maximum absolute atomic E-state index is 13.1. The largest absolute Gasteiger partial charge is 0.480 e. The Balaban J connectivity index is 1.89. The molecule has 9 heteroatoms. The average Bonchev–Trinajstić information content (AvgIpc) is 3.04. The highest BCUT2D eigenvalue weighted by atomic mass is 35.5. The number of nitrogens with zero attached hydrogens (tertiary/aromatic N) is 4. The Kier molecular flexibility index (Phi) is 3.60. The fourth-order valence-corrected chi connectivity index (χ4v) is 1.98. The second kappa shape index (κ2) is 5.57. The zero-order valence-corrected chi connectivity index (χ0v) is 11.7. The molecule has 1 aromatic carbocycles. The summed E-state index contributed by atoms with van der Waals surface area (Å²) in [5, 5.41) is 16.2. The minimum atomic E-state index is -1.03. The molecule has 0 fully saturated rings. The SMILES string of the molecule is O=C(O)Cn1cc(/C=C(\Cl)c2nc3ccc(F)cc3o2)nn1. The first kappa shape index (κ1) is 14.2. The molecule has 3 rings (SSSR count). The topological polar surface area (TPSA) is 94.0 Å². The van der Waals surface area contributed by atoms with Gasteiger partial charge in [-0.1, -0.05) is 16.8 Å². The summed E-state index contributed by atoms with van der Waals surface area (Å²) >= 11 is 6.08. The van der Waals surface area contributed by atoms with Crippen LogP contribution in [0.4, 0.5) is 4.39 Å². The van der Waals surface area contributed by atoms with E-state index in [-0.39, 0.29) is 23.1 Å². The van der Waals surface area contributed by atoms with Gasteiger partial charge in [-0.05, 0) is 18.2 Å². The second-order valence-electron chi connectivity index (χ2n) is 4.36. The van der Waals surface area contributed by atoms with Crippen molar-refractivity contribution in [3.8, 4) is 0 Å². The number of aliphatic carboxylic acids is 1. The van der Waals surface area contributed by atoms with E-state index in [4.69, 9.17) is 21.1 Å². The van der Waals surface area contributed by atoms with Gasteiger partial charge in [0.25, 0.3) is 0 Å². The lowest BCUT2D eigenvalue weighted by atomic mass is 10.3. The maximum atomic E-state index is 13.1. The number of benzene rings is 1. The van der Waals surface area contributed by atoms with Gasteiger partial charge in [-0.2, -0.15) is 0 Å². The van der Waals surface area contributed by atoms with E-state index in [2.05, 4.69) is 15.3 Å². The summed E-state index contributed by atoms with van der Waals surface area (Å²) in [5.41, 5.74) is 1.09. The molecular weight excluding hydrogens is 315 g/mol. The third-order valence-electron chi connectivity index (χ3n) is 2.68. The third kappa shape index (κ3) is 2.96. The maximum Gasteiger partial charge on any atom is 0.325 e. The fourth-order valence-electron chi connectivity index (χ4n) is 1.79. The van der Waals surface area contributed by atoms with Crippen LogP contribution in [0, 0.1) is 5.82 Å². The van der Waals surface area contributed by atoms with E-state index in [1.807, 2.05) is 0 Å². The van der Waals surface area contributed by atoms with E-state index < -0.39 is 11.8 Å². The van der Waals surface area contributed by atoms with Crippen molar-refractivity contribution in [2.75, 3.05) is 0 Å². The number of hydrogen-bond donors (Lipinski definition) is 1. The smallest absolute Gasteiger partial charge is 0.325 e. The number of aromatic nitrogens is 4. The summed E-state index contributed by atoms with van der Waals surface area (Å²) in [6.45, 7) is -0.305. The molecule has 0 radical (unpaired) electrons. The molecule has 0 spiro atoms. The highest BCUT2D eigenvalue weighted by molar-refractivity contribution is 6.50. The van der Waals surface area contributed by atoms with E-state index in [0.717, 1.165) is 4.68 Å². The molecule has 0 aliphatic carbocycles. The first-order valence-corrected chi connectivity index (χ1v) is 6.44. The van der Waals surface area contributed by atoms with Crippen LogP contribution in [-0.2, 0) is 11.3 Å². The molecule has 0 aliphatic rings. The third-order valence-corrected chi connectivity index (χ3v) is 2.95. The van der Waals surface area contributed by atoms with Crippen LogP contribution in [0.1, 0.15) is 11.6 Å². The van der Waals surface area contributed by atoms with Crippen LogP contribution in [0.5, 0.6) is 0 Å². The second-order valence-corrected chi connectivity index (χ2v) is 4.77. The monoisotopic (exact) mass is 322 g/mol. The van der Waals surface area contributed by atoms with E-state index >= 15 is 0 Å². The van der Waals surface area contributed by atoms with Crippen LogP contribution >= 0.6 is 11.6 Å². The van der Waals surface area contributed by atoms with Gasteiger partial charge in [-0.15, -0.1) is 5.10 Å². The molecule has 3 aromatic rings. The van der Waals surface area contributed by atoms with Crippen molar-refractivity contribution in [3.05, 3.63) is 41.8 Å². The Labute approximate surface area is 127 Å². The van der Waals surface area contributed by atoms with Crippen LogP contribution in [0.15, 0.2) is 28.8 Å². The normalized spacial score (nSPS) is 12.0. The molecule has 2 heterocycles. The Hall–Kier alpha value is -2.74. The van der Waals surface area contributed by atoms with Crippen molar-refractivity contribution in [1.82, 2.24) is 20.0 Å². The lowest BCUT2D eigenvalue weighted by Crippen LogP contribution is -2.08. The molecule has 0 aliphatic heterocycles. The summed E-state index contributed by atoms with van der Waals surface area (Å²) in [4.78, 5) is 14.7. The van der Waals surface area contributed by atoms with Gasteiger partial charge in [0.15, 0.2) is 5.58 Å². The van der Waals surface area contributed by atoms with Crippen LogP contribution in [0.25, 0.3) is 22.2 Å². The molecule has 0 atom stereocenters. The molecule has 0 unspecified atom stereocenters. The van der Waals surface area contributed by atoms with E-state index in [0.29, 0.717) is 11.2 Å². The number of rotatable bonds is 4. The van der Waals surface area contributed by atoms with E-state index in [9.17, 15) is 9.18 Å². The molecular formula is C13H8ClFN4O3. The van der Waals surface area contributed by atoms with Crippen LogP contribution in [0.2, 0.25) is 0 Å². The van der Waals surface area contributed by atoms with E-state index in [1.165, 1.54) is 30.5 Å². The summed E-state index contributed by atoms with van der Waals surface area (Å²) in [6.07, 6.45) is 2.84. The predicted octanol–water partition coefficient (Wildman–Crippen LogP) is 2.38. The highest BCUT2D eigenvalue weighted by Gasteiger charge is 2.11. The number of fused-ring (bicyclic) bond motifs is 1. The Morgan fingerprint density at radius 3 is 3.09 bits per heavy atom. The van der Waals surface area contributed by atoms with Gasteiger partial charge in [0, 0.05) is 6.07 Å². The molecule has 0 bridgehead atoms. The number of carboxylic acids is 1. The van der Waals surface area contributed by atoms with Gasteiger partial charge in [0.05, 0.1) is 6.20 Å². The summed E-state index contributed by atoms with van der Waals surface area (Å²) in [7, 11) is 0. The lowest BCUT2D eigenvalue weighted by molar-refractivity contribution is -0.137. The molecule has 7 nitrogen and oxygen atoms in total. The standard InChI is InChI=1S/C13H8ClFN4O3/c14-9(4-8-5-19(18-17-8)6-12(20)21)13-16-10-2-1-7(15)3-11(10)22-13/h1-5H,6H2,(H,20,21)/b9-4-. The molecule has 0 amide bonds. The average molecular weight is 323 g/mol. The van der Waals surface area contributed by atoms with Crippen molar-refractivity contribution in [1.29, 1.82) is 0 Å². The van der Waals surface area contributed by atoms with Gasteiger partial charge in [-0.25, -0.2) is 14.1 Å². The summed E-state index contributed by atoms with van der Waals surface area (Å²) in [5.74, 6) is -1.37. The molecule has 1 N–H and O–H groups in total. The van der Waals surface area contributed by atoms with Gasteiger partial charge in [0.2, 0.25) is 5.89 Å². The van der Waals surface area contributed by atoms with Crippen LogP contribution in [0.3, 0.4) is 0 Å². The zero-order chi connectivity index (χ0) is 15.7. The Bertz CT molecular complexity index is 886. The van der Waals surface area contributed by atoms with Gasteiger partial charge in [-0.3, -0.25) is 4.79 Å². The van der Waals surface area contributed by atoms with Crippen molar-refractivity contribution >= 4 is 39.8 Å². The van der Waals surface area contributed by atoms with Gasteiger partial charge in [0.1, 0.15) is 28.6 Å². The molecule has 112 valence electrons. The quantitative estimate of drug-likeness (QED) is 0.792. The minimum Gasteiger partial charge on any atom is -0.480 e. The van der Waals surface area contributed by atoms with Gasteiger partial charge < -0.3 is 9.52 Å².